The SMILES string of the molecule is CC1=C(C(=O)N2CCCC(CCC(=O)N(C)CCc3ccccn3)C2)OCCO1. The van der Waals surface area contributed by atoms with Gasteiger partial charge in [-0.05, 0) is 44.2 Å². The van der Waals surface area contributed by atoms with E-state index < -0.39 is 0 Å². The fourth-order valence-electron chi connectivity index (χ4n) is 3.82. The van der Waals surface area contributed by atoms with E-state index in [1.54, 1.807) is 18.0 Å². The van der Waals surface area contributed by atoms with Gasteiger partial charge in [0.25, 0.3) is 5.91 Å². The van der Waals surface area contributed by atoms with Crippen LogP contribution < -0.4 is 0 Å². The summed E-state index contributed by atoms with van der Waals surface area (Å²) in [6.45, 7) is 4.73. The normalized spacial score (nSPS) is 19.4. The number of ether oxygens (including phenoxy) is 2. The van der Waals surface area contributed by atoms with Gasteiger partial charge in [0.1, 0.15) is 19.0 Å². The van der Waals surface area contributed by atoms with Gasteiger partial charge in [-0.25, -0.2) is 0 Å². The smallest absolute Gasteiger partial charge is 0.292 e. The number of pyridine rings is 1. The molecule has 1 aromatic heterocycles. The molecule has 0 N–H and O–H groups in total. The van der Waals surface area contributed by atoms with Crippen LogP contribution in [-0.4, -0.2) is 66.5 Å². The number of allylic oxidation sites excluding steroid dienone is 1. The Bertz CT molecular complexity index is 735. The van der Waals surface area contributed by atoms with E-state index in [2.05, 4.69) is 4.98 Å². The van der Waals surface area contributed by atoms with E-state index in [0.29, 0.717) is 50.2 Å². The molecule has 0 aliphatic carbocycles. The summed E-state index contributed by atoms with van der Waals surface area (Å²) in [5, 5.41) is 0. The van der Waals surface area contributed by atoms with Gasteiger partial charge in [-0.3, -0.25) is 14.6 Å². The first kappa shape index (κ1) is 21.1. The van der Waals surface area contributed by atoms with Crippen LogP contribution in [0.3, 0.4) is 0 Å². The third-order valence-electron chi connectivity index (χ3n) is 5.59. The lowest BCUT2D eigenvalue weighted by Gasteiger charge is -2.34. The van der Waals surface area contributed by atoms with Gasteiger partial charge in [0.15, 0.2) is 0 Å². The number of hydrogen-bond donors (Lipinski definition) is 0. The zero-order valence-electron chi connectivity index (χ0n) is 17.4. The number of nitrogens with zero attached hydrogens (tertiary/aromatic N) is 3. The highest BCUT2D eigenvalue weighted by Gasteiger charge is 2.29. The van der Waals surface area contributed by atoms with E-state index in [9.17, 15) is 9.59 Å². The van der Waals surface area contributed by atoms with Crippen molar-refractivity contribution >= 4 is 11.8 Å². The Kier molecular flexibility index (Phi) is 7.49. The Morgan fingerprint density at radius 1 is 1.28 bits per heavy atom. The molecule has 29 heavy (non-hydrogen) atoms. The molecule has 1 saturated heterocycles. The third-order valence-corrected chi connectivity index (χ3v) is 5.59. The fraction of sp³-hybridized carbons (Fsp3) is 0.591. The highest BCUT2D eigenvalue weighted by atomic mass is 16.6. The Morgan fingerprint density at radius 3 is 2.86 bits per heavy atom. The second kappa shape index (κ2) is 10.3. The second-order valence-electron chi connectivity index (χ2n) is 7.77. The summed E-state index contributed by atoms with van der Waals surface area (Å²) in [4.78, 5) is 33.2. The maximum absolute atomic E-state index is 12.8. The van der Waals surface area contributed by atoms with Gasteiger partial charge in [0.2, 0.25) is 11.7 Å². The molecule has 2 amide bonds. The molecule has 2 aliphatic rings. The highest BCUT2D eigenvalue weighted by molar-refractivity contribution is 5.92. The number of likely N-dealkylation sites (tertiary alicyclic amines) is 1. The molecule has 1 unspecified atom stereocenters. The van der Waals surface area contributed by atoms with E-state index in [-0.39, 0.29) is 11.8 Å². The average molecular weight is 402 g/mol. The molecule has 158 valence electrons. The molecule has 0 saturated carbocycles. The minimum absolute atomic E-state index is 0.0919. The highest BCUT2D eigenvalue weighted by Crippen LogP contribution is 2.24. The Balaban J connectivity index is 1.44. The Morgan fingerprint density at radius 2 is 2.10 bits per heavy atom. The van der Waals surface area contributed by atoms with Gasteiger partial charge in [-0.15, -0.1) is 0 Å². The standard InChI is InChI=1S/C22H31N3O4/c1-17-21(29-15-14-28-17)22(27)25-12-5-6-18(16-25)8-9-20(26)24(2)13-10-19-7-3-4-11-23-19/h3-4,7,11,18H,5-6,8-10,12-16H2,1-2H3. The van der Waals surface area contributed by atoms with Gasteiger partial charge < -0.3 is 19.3 Å². The maximum atomic E-state index is 12.8. The molecule has 0 aromatic carbocycles. The molecule has 1 aromatic rings. The van der Waals surface area contributed by atoms with E-state index >= 15 is 0 Å². The summed E-state index contributed by atoms with van der Waals surface area (Å²) in [5.41, 5.74) is 0.993. The van der Waals surface area contributed by atoms with Crippen LogP contribution in [0, 0.1) is 5.92 Å². The number of likely N-dealkylation sites (N-methyl/N-ethyl adjacent to an activating group) is 1. The summed E-state index contributed by atoms with van der Waals surface area (Å²) in [7, 11) is 1.84. The van der Waals surface area contributed by atoms with Crippen molar-refractivity contribution in [3.05, 3.63) is 41.6 Å². The van der Waals surface area contributed by atoms with Crippen molar-refractivity contribution in [3.8, 4) is 0 Å². The zero-order chi connectivity index (χ0) is 20.6. The summed E-state index contributed by atoms with van der Waals surface area (Å²) >= 11 is 0. The van der Waals surface area contributed by atoms with Crippen LogP contribution in [-0.2, 0) is 25.5 Å². The molecule has 0 radical (unpaired) electrons. The van der Waals surface area contributed by atoms with Crippen LogP contribution in [0.25, 0.3) is 0 Å². The molecule has 1 atom stereocenters. The largest absolute Gasteiger partial charge is 0.491 e. The fourth-order valence-corrected chi connectivity index (χ4v) is 3.82. The third kappa shape index (κ3) is 5.95. The molecular weight excluding hydrogens is 370 g/mol. The minimum atomic E-state index is -0.0919. The van der Waals surface area contributed by atoms with E-state index in [4.69, 9.17) is 9.47 Å². The van der Waals surface area contributed by atoms with Crippen LogP contribution >= 0.6 is 0 Å². The molecule has 7 nitrogen and oxygen atoms in total. The van der Waals surface area contributed by atoms with E-state index in [1.165, 1.54) is 0 Å². The quantitative estimate of drug-likeness (QED) is 0.701. The Labute approximate surface area is 172 Å². The predicted molar refractivity (Wildman–Crippen MR) is 109 cm³/mol. The van der Waals surface area contributed by atoms with Gasteiger partial charge in [0.05, 0.1) is 0 Å². The number of aromatic nitrogens is 1. The van der Waals surface area contributed by atoms with Crippen LogP contribution in [0.1, 0.15) is 38.3 Å². The van der Waals surface area contributed by atoms with Gasteiger partial charge in [-0.2, -0.15) is 0 Å². The number of rotatable bonds is 7. The summed E-state index contributed by atoms with van der Waals surface area (Å²) in [6.07, 6.45) is 5.83. The monoisotopic (exact) mass is 401 g/mol. The molecular formula is C22H31N3O4. The zero-order valence-corrected chi connectivity index (χ0v) is 17.4. The predicted octanol–water partition coefficient (Wildman–Crippen LogP) is 2.38. The summed E-state index contributed by atoms with van der Waals surface area (Å²) in [5.74, 6) is 1.29. The van der Waals surface area contributed by atoms with Gasteiger partial charge in [0, 0.05) is 51.4 Å². The number of piperidine rings is 1. The van der Waals surface area contributed by atoms with Crippen molar-refractivity contribution < 1.29 is 19.1 Å². The first-order chi connectivity index (χ1) is 14.0. The lowest BCUT2D eigenvalue weighted by Crippen LogP contribution is -2.42. The van der Waals surface area contributed by atoms with Gasteiger partial charge in [-0.1, -0.05) is 6.07 Å². The van der Waals surface area contributed by atoms with Crippen molar-refractivity contribution in [2.24, 2.45) is 5.92 Å². The van der Waals surface area contributed by atoms with Crippen LogP contribution in [0.15, 0.2) is 35.9 Å². The van der Waals surface area contributed by atoms with Crippen molar-refractivity contribution in [3.63, 3.8) is 0 Å². The second-order valence-corrected chi connectivity index (χ2v) is 7.77. The van der Waals surface area contributed by atoms with Gasteiger partial charge >= 0.3 is 0 Å². The Hall–Kier alpha value is -2.57. The topological polar surface area (TPSA) is 72.0 Å². The molecule has 3 heterocycles. The molecule has 0 bridgehead atoms. The maximum Gasteiger partial charge on any atom is 0.292 e. The van der Waals surface area contributed by atoms with Crippen LogP contribution in [0.4, 0.5) is 0 Å². The van der Waals surface area contributed by atoms with E-state index in [0.717, 1.165) is 37.9 Å². The van der Waals surface area contributed by atoms with Crippen molar-refractivity contribution in [1.29, 1.82) is 0 Å². The first-order valence-electron chi connectivity index (χ1n) is 10.4. The van der Waals surface area contributed by atoms with E-state index in [1.807, 2.05) is 30.1 Å². The number of carbonyl (C=O) groups is 2. The summed E-state index contributed by atoms with van der Waals surface area (Å²) < 4.78 is 11.0. The van der Waals surface area contributed by atoms with Crippen LogP contribution in [0.2, 0.25) is 0 Å². The average Bonchev–Trinajstić information content (AvgIpc) is 2.76. The van der Waals surface area contributed by atoms with Crippen LogP contribution in [0.5, 0.6) is 0 Å². The number of hydrogen-bond acceptors (Lipinski definition) is 5. The molecule has 0 spiro atoms. The van der Waals surface area contributed by atoms with Crippen molar-refractivity contribution in [2.45, 2.75) is 39.0 Å². The molecule has 2 aliphatic heterocycles. The summed E-state index contributed by atoms with van der Waals surface area (Å²) in [6, 6.07) is 5.83. The first-order valence-corrected chi connectivity index (χ1v) is 10.4. The molecule has 7 heteroatoms. The lowest BCUT2D eigenvalue weighted by molar-refractivity contribution is -0.134. The lowest BCUT2D eigenvalue weighted by atomic mass is 9.93. The molecule has 3 rings (SSSR count). The van der Waals surface area contributed by atoms with Crippen molar-refractivity contribution in [2.75, 3.05) is 39.9 Å². The number of carbonyl (C=O) groups excluding carboxylic acids is 2. The minimum Gasteiger partial charge on any atom is -0.491 e. The molecule has 1 fully saturated rings. The van der Waals surface area contributed by atoms with Crippen molar-refractivity contribution in [1.82, 2.24) is 14.8 Å². The number of amides is 2.